The number of carbonyl (C=O) groups excluding carboxylic acids is 1. The number of ketones is 1. The van der Waals surface area contributed by atoms with Gasteiger partial charge in [-0.25, -0.2) is 0 Å². The lowest BCUT2D eigenvalue weighted by Gasteiger charge is -2.60. The van der Waals surface area contributed by atoms with Crippen molar-refractivity contribution in [3.8, 4) is 0 Å². The van der Waals surface area contributed by atoms with Crippen LogP contribution >= 0.6 is 12.4 Å². The van der Waals surface area contributed by atoms with E-state index in [-0.39, 0.29) is 52.1 Å². The van der Waals surface area contributed by atoms with Crippen molar-refractivity contribution in [2.45, 2.75) is 72.8 Å². The van der Waals surface area contributed by atoms with E-state index >= 15 is 0 Å². The van der Waals surface area contributed by atoms with Gasteiger partial charge in [0.05, 0.1) is 6.10 Å². The Morgan fingerprint density at radius 2 is 1.80 bits per heavy atom. The molecule has 5 N–H and O–H groups in total. The van der Waals surface area contributed by atoms with Gasteiger partial charge in [-0.2, -0.15) is 0 Å². The van der Waals surface area contributed by atoms with Crippen LogP contribution in [0.3, 0.4) is 0 Å². The van der Waals surface area contributed by atoms with Crippen LogP contribution in [0.2, 0.25) is 0 Å². The summed E-state index contributed by atoms with van der Waals surface area (Å²) in [5, 5.41) is 10.9. The maximum atomic E-state index is 13.0. The van der Waals surface area contributed by atoms with Crippen molar-refractivity contribution in [3.05, 3.63) is 12.7 Å². The summed E-state index contributed by atoms with van der Waals surface area (Å²) in [6.45, 7) is 14.9. The molecule has 0 radical (unpaired) electrons. The predicted molar refractivity (Wildman–Crippen MR) is 106 cm³/mol. The molecule has 1 unspecified atom stereocenters. The summed E-state index contributed by atoms with van der Waals surface area (Å²) in [5.74, 6) is 1.35. The molecule has 0 spiro atoms. The summed E-state index contributed by atoms with van der Waals surface area (Å²) in [6.07, 6.45) is 6.22. The third kappa shape index (κ3) is 4.65. The molecule has 5 heteroatoms. The second kappa shape index (κ2) is 9.50. The van der Waals surface area contributed by atoms with E-state index in [0.717, 1.165) is 25.7 Å². The Balaban J connectivity index is 0. The quantitative estimate of drug-likeness (QED) is 0.758. The maximum absolute atomic E-state index is 13.0. The van der Waals surface area contributed by atoms with Gasteiger partial charge in [0.15, 0.2) is 0 Å². The molecular formula is C20H39ClO4. The molecule has 25 heavy (non-hydrogen) atoms. The van der Waals surface area contributed by atoms with E-state index in [1.54, 1.807) is 0 Å². The van der Waals surface area contributed by atoms with E-state index in [9.17, 15) is 9.90 Å². The van der Waals surface area contributed by atoms with Gasteiger partial charge < -0.3 is 16.1 Å². The Labute approximate surface area is 159 Å². The van der Waals surface area contributed by atoms with Gasteiger partial charge in [0.1, 0.15) is 5.78 Å². The molecule has 2 aliphatic carbocycles. The second-order valence-electron chi connectivity index (χ2n) is 8.88. The molecule has 0 aromatic carbocycles. The van der Waals surface area contributed by atoms with Crippen molar-refractivity contribution in [3.63, 3.8) is 0 Å². The van der Waals surface area contributed by atoms with Gasteiger partial charge >= 0.3 is 0 Å². The van der Waals surface area contributed by atoms with Crippen LogP contribution in [0.1, 0.15) is 66.7 Å². The van der Waals surface area contributed by atoms with Crippen molar-refractivity contribution in [1.29, 1.82) is 0 Å². The number of aliphatic hydroxyl groups excluding tert-OH is 1. The molecule has 150 valence electrons. The van der Waals surface area contributed by atoms with Crippen molar-refractivity contribution in [2.24, 2.45) is 34.5 Å². The monoisotopic (exact) mass is 378 g/mol. The van der Waals surface area contributed by atoms with Crippen LogP contribution in [0, 0.1) is 34.5 Å². The zero-order chi connectivity index (χ0) is 16.7. The molecule has 2 saturated carbocycles. The van der Waals surface area contributed by atoms with Crippen molar-refractivity contribution in [1.82, 2.24) is 0 Å². The Morgan fingerprint density at radius 1 is 1.24 bits per heavy atom. The van der Waals surface area contributed by atoms with E-state index in [4.69, 9.17) is 0 Å². The Bertz CT molecular complexity index is 451. The first-order chi connectivity index (χ1) is 10.1. The molecule has 2 rings (SSSR count). The number of allylic oxidation sites excluding steroid dienone is 1. The number of hydrogen-bond donors (Lipinski definition) is 1. The third-order valence-corrected chi connectivity index (χ3v) is 6.90. The molecular weight excluding hydrogens is 340 g/mol. The zero-order valence-electron chi connectivity index (χ0n) is 16.5. The van der Waals surface area contributed by atoms with Crippen LogP contribution < -0.4 is 0 Å². The van der Waals surface area contributed by atoms with Crippen LogP contribution in [0.5, 0.6) is 0 Å². The normalized spacial score (nSPS) is 37.2. The third-order valence-electron chi connectivity index (χ3n) is 6.90. The number of hydrogen-bond acceptors (Lipinski definition) is 2. The number of Topliss-reactive ketones (excluding diaryl/α,β-unsaturated/α-hetero) is 1. The highest BCUT2D eigenvalue weighted by Gasteiger charge is 2.59. The average Bonchev–Trinajstić information content (AvgIpc) is 2.42. The smallest absolute Gasteiger partial charge is 0.137 e. The second-order valence-corrected chi connectivity index (χ2v) is 8.88. The minimum atomic E-state index is -0.346. The number of aliphatic hydroxyl groups is 1. The molecule has 0 amide bonds. The molecule has 4 nitrogen and oxygen atoms in total. The topological polar surface area (TPSA) is 100 Å². The lowest BCUT2D eigenvalue weighted by atomic mass is 9.45. The minimum Gasteiger partial charge on any atom is -0.412 e. The minimum absolute atomic E-state index is 0. The van der Waals surface area contributed by atoms with Crippen LogP contribution in [-0.2, 0) is 4.79 Å². The van der Waals surface area contributed by atoms with Gasteiger partial charge in [-0.3, -0.25) is 4.79 Å². The van der Waals surface area contributed by atoms with Gasteiger partial charge in [0.2, 0.25) is 0 Å². The summed E-state index contributed by atoms with van der Waals surface area (Å²) in [5.41, 5.74) is -0.0475. The van der Waals surface area contributed by atoms with Crippen LogP contribution in [0.15, 0.2) is 12.7 Å². The molecule has 0 bridgehead atoms. The highest BCUT2D eigenvalue weighted by atomic mass is 35.5. The molecule has 0 heterocycles. The Hall–Kier alpha value is -0.420. The van der Waals surface area contributed by atoms with Gasteiger partial charge in [-0.05, 0) is 48.9 Å². The van der Waals surface area contributed by atoms with Crippen molar-refractivity contribution < 1.29 is 20.9 Å². The SMILES string of the molecule is C=C[C@@H](C)CC(=O)[C@H]1[C@@H](C)CC[C@H]2C(C)(C)CCC(O)[C@]12C.Cl.O.O. The highest BCUT2D eigenvalue weighted by molar-refractivity contribution is 5.85. The van der Waals surface area contributed by atoms with E-state index in [1.807, 2.05) is 6.08 Å². The summed E-state index contributed by atoms with van der Waals surface area (Å²) < 4.78 is 0. The number of fused-ring (bicyclic) bond motifs is 1. The standard InChI is InChI=1S/C20H34O2.ClH.2H2O/c1-7-13(2)12-15(21)18-14(3)8-9-16-19(4,5)11-10-17(22)20(16,18)6;;;/h7,13-14,16-18,22H,1,8-12H2,2-6H3;1H;2*1H2/t13-,14+,16+,17?,18-,20-;;;/m1.../s1. The molecule has 0 aromatic rings. The average molecular weight is 379 g/mol. The van der Waals surface area contributed by atoms with E-state index < -0.39 is 0 Å². The van der Waals surface area contributed by atoms with Gasteiger partial charge in [-0.1, -0.05) is 40.7 Å². The lowest BCUT2D eigenvalue weighted by molar-refractivity contribution is -0.175. The van der Waals surface area contributed by atoms with Crippen molar-refractivity contribution in [2.75, 3.05) is 0 Å². The van der Waals surface area contributed by atoms with Crippen LogP contribution in [0.25, 0.3) is 0 Å². The first kappa shape index (κ1) is 26.8. The Morgan fingerprint density at radius 3 is 2.32 bits per heavy atom. The molecule has 0 aliphatic heterocycles. The first-order valence-corrected chi connectivity index (χ1v) is 8.98. The number of halogens is 1. The van der Waals surface area contributed by atoms with Crippen LogP contribution in [0.4, 0.5) is 0 Å². The fourth-order valence-corrected chi connectivity index (χ4v) is 5.60. The van der Waals surface area contributed by atoms with Gasteiger partial charge in [0, 0.05) is 17.8 Å². The largest absolute Gasteiger partial charge is 0.412 e. The van der Waals surface area contributed by atoms with E-state index in [1.165, 1.54) is 0 Å². The molecule has 2 aliphatic rings. The van der Waals surface area contributed by atoms with Gasteiger partial charge in [0.25, 0.3) is 0 Å². The van der Waals surface area contributed by atoms with E-state index in [0.29, 0.717) is 24.0 Å². The highest BCUT2D eigenvalue weighted by Crippen LogP contribution is 2.61. The Kier molecular flexibility index (Phi) is 10.2. The molecule has 0 saturated heterocycles. The van der Waals surface area contributed by atoms with E-state index in [2.05, 4.69) is 41.2 Å². The lowest BCUT2D eigenvalue weighted by Crippen LogP contribution is -2.59. The molecule has 0 aromatic heterocycles. The molecule has 2 fully saturated rings. The summed E-state index contributed by atoms with van der Waals surface area (Å²) in [6, 6.07) is 0. The fraction of sp³-hybridized carbons (Fsp3) is 0.850. The molecule has 6 atom stereocenters. The predicted octanol–water partition coefficient (Wildman–Crippen LogP) is 3.39. The summed E-state index contributed by atoms with van der Waals surface area (Å²) >= 11 is 0. The summed E-state index contributed by atoms with van der Waals surface area (Å²) in [7, 11) is 0. The van der Waals surface area contributed by atoms with Crippen molar-refractivity contribution >= 4 is 18.2 Å². The maximum Gasteiger partial charge on any atom is 0.137 e. The zero-order valence-corrected chi connectivity index (χ0v) is 17.3. The number of carbonyl (C=O) groups is 1. The first-order valence-electron chi connectivity index (χ1n) is 8.98. The van der Waals surface area contributed by atoms with Gasteiger partial charge in [-0.15, -0.1) is 19.0 Å². The van der Waals surface area contributed by atoms with Crippen LogP contribution in [-0.4, -0.2) is 27.9 Å². The fourth-order valence-electron chi connectivity index (χ4n) is 5.60. The number of rotatable bonds is 4. The summed E-state index contributed by atoms with van der Waals surface area (Å²) in [4.78, 5) is 13.0.